The molecule has 150 valence electrons. The smallest absolute Gasteiger partial charge is 0.307 e. The summed E-state index contributed by atoms with van der Waals surface area (Å²) in [6.45, 7) is 5.66. The number of carbonyl (C=O) groups excluding carboxylic acids is 1. The molecule has 2 aliphatic rings. The number of anilines is 1. The zero-order valence-electron chi connectivity index (χ0n) is 16.0. The Balaban J connectivity index is 1.81. The van der Waals surface area contributed by atoms with E-state index in [2.05, 4.69) is 5.32 Å². The molecule has 0 aromatic heterocycles. The number of hydrogen-bond donors (Lipinski definition) is 2. The van der Waals surface area contributed by atoms with Gasteiger partial charge in [-0.1, -0.05) is 12.1 Å². The lowest BCUT2D eigenvalue weighted by Crippen LogP contribution is -2.46. The summed E-state index contributed by atoms with van der Waals surface area (Å²) in [7, 11) is 1.57. The molecule has 1 aromatic rings. The van der Waals surface area contributed by atoms with E-state index in [0.29, 0.717) is 5.69 Å². The van der Waals surface area contributed by atoms with E-state index in [0.717, 1.165) is 0 Å². The van der Waals surface area contributed by atoms with E-state index < -0.39 is 36.4 Å². The Morgan fingerprint density at radius 1 is 1.33 bits per heavy atom. The van der Waals surface area contributed by atoms with Crippen molar-refractivity contribution in [2.75, 3.05) is 19.0 Å². The third-order valence-corrected chi connectivity index (χ3v) is 4.63. The van der Waals surface area contributed by atoms with E-state index in [9.17, 15) is 9.90 Å². The normalized spacial score (nSPS) is 29.9. The van der Waals surface area contributed by atoms with Gasteiger partial charge in [0.1, 0.15) is 24.1 Å². The van der Waals surface area contributed by atoms with Gasteiger partial charge >= 0.3 is 5.97 Å². The van der Waals surface area contributed by atoms with Gasteiger partial charge in [-0.2, -0.15) is 0 Å². The second-order valence-electron chi connectivity index (χ2n) is 7.05. The number of aromatic hydroxyl groups is 1. The molecule has 2 saturated heterocycles. The Kier molecular flexibility index (Phi) is 5.90. The molecular weight excluding hydrogens is 354 g/mol. The lowest BCUT2D eigenvalue weighted by molar-refractivity contribution is -0.218. The molecule has 0 unspecified atom stereocenters. The van der Waals surface area contributed by atoms with Gasteiger partial charge in [-0.3, -0.25) is 4.79 Å². The van der Waals surface area contributed by atoms with Crippen LogP contribution < -0.4 is 5.32 Å². The lowest BCUT2D eigenvalue weighted by atomic mass is 10.00. The molecule has 0 amide bonds. The summed E-state index contributed by atoms with van der Waals surface area (Å²) in [5, 5.41) is 13.3. The fourth-order valence-electron chi connectivity index (χ4n) is 3.54. The van der Waals surface area contributed by atoms with Crippen LogP contribution in [-0.2, 0) is 28.5 Å². The minimum atomic E-state index is -0.765. The predicted molar refractivity (Wildman–Crippen MR) is 96.3 cm³/mol. The predicted octanol–water partition coefficient (Wildman–Crippen LogP) is 2.02. The van der Waals surface area contributed by atoms with Crippen molar-refractivity contribution in [1.29, 1.82) is 0 Å². The topological polar surface area (TPSA) is 95.5 Å². The summed E-state index contributed by atoms with van der Waals surface area (Å²) in [5.74, 6) is -1.06. The summed E-state index contributed by atoms with van der Waals surface area (Å²) < 4.78 is 28.5. The summed E-state index contributed by atoms with van der Waals surface area (Å²) in [5.41, 5.74) is 0.490. The van der Waals surface area contributed by atoms with E-state index in [4.69, 9.17) is 23.7 Å². The quantitative estimate of drug-likeness (QED) is 0.547. The first kappa shape index (κ1) is 19.9. The fraction of sp³-hybridized carbons (Fsp3) is 0.632. The molecule has 0 saturated carbocycles. The van der Waals surface area contributed by atoms with E-state index in [1.54, 1.807) is 38.3 Å². The first-order valence-corrected chi connectivity index (χ1v) is 9.08. The van der Waals surface area contributed by atoms with Crippen molar-refractivity contribution in [2.24, 2.45) is 0 Å². The summed E-state index contributed by atoms with van der Waals surface area (Å²) in [6, 6.07) is 6.29. The number of fused-ring (bicyclic) bond motifs is 1. The molecule has 8 nitrogen and oxygen atoms in total. The number of nitrogens with one attached hydrogen (secondary N) is 1. The van der Waals surface area contributed by atoms with E-state index >= 15 is 0 Å². The molecule has 8 heteroatoms. The van der Waals surface area contributed by atoms with Gasteiger partial charge in [0, 0.05) is 7.11 Å². The van der Waals surface area contributed by atoms with Gasteiger partial charge in [0.15, 0.2) is 12.1 Å². The third-order valence-electron chi connectivity index (χ3n) is 4.63. The van der Waals surface area contributed by atoms with Crippen molar-refractivity contribution in [3.05, 3.63) is 24.3 Å². The Bertz CT molecular complexity index is 665. The van der Waals surface area contributed by atoms with Gasteiger partial charge < -0.3 is 34.1 Å². The largest absolute Gasteiger partial charge is 0.506 e. The molecule has 5 atom stereocenters. The second-order valence-corrected chi connectivity index (χ2v) is 7.05. The van der Waals surface area contributed by atoms with Crippen LogP contribution in [0.5, 0.6) is 5.75 Å². The molecule has 2 heterocycles. The molecule has 27 heavy (non-hydrogen) atoms. The summed E-state index contributed by atoms with van der Waals surface area (Å²) in [6.07, 6.45) is -1.95. The van der Waals surface area contributed by atoms with Crippen LogP contribution in [0, 0.1) is 0 Å². The number of ether oxygens (including phenoxy) is 5. The molecule has 2 aliphatic heterocycles. The van der Waals surface area contributed by atoms with E-state index in [1.807, 2.05) is 13.8 Å². The van der Waals surface area contributed by atoms with Crippen LogP contribution >= 0.6 is 0 Å². The number of methoxy groups -OCH3 is 1. The number of esters is 1. The summed E-state index contributed by atoms with van der Waals surface area (Å²) >= 11 is 0. The average molecular weight is 381 g/mol. The number of para-hydroxylation sites is 2. The maximum absolute atomic E-state index is 12.1. The minimum absolute atomic E-state index is 0.0372. The zero-order valence-corrected chi connectivity index (χ0v) is 16.0. The summed E-state index contributed by atoms with van der Waals surface area (Å²) in [4.78, 5) is 12.1. The minimum Gasteiger partial charge on any atom is -0.506 e. The Morgan fingerprint density at radius 3 is 2.74 bits per heavy atom. The molecule has 2 N–H and O–H groups in total. The fourth-order valence-corrected chi connectivity index (χ4v) is 3.54. The monoisotopic (exact) mass is 381 g/mol. The molecule has 0 radical (unpaired) electrons. The number of carbonyl (C=O) groups is 1. The lowest BCUT2D eigenvalue weighted by Gasteiger charge is -2.31. The number of phenolic OH excluding ortho intramolecular Hbond substituents is 1. The highest BCUT2D eigenvalue weighted by molar-refractivity contribution is 5.71. The first-order chi connectivity index (χ1) is 12.8. The van der Waals surface area contributed by atoms with Crippen molar-refractivity contribution in [1.82, 2.24) is 0 Å². The number of rotatable bonds is 7. The zero-order chi connectivity index (χ0) is 19.6. The Morgan fingerprint density at radius 2 is 2.07 bits per heavy atom. The Hall–Kier alpha value is -1.87. The standard InChI is InChI=1S/C19H27NO7/c1-5-24-14(22)10-12(20-11-8-6-7-9-13(11)21)15-16(23-4)17-18(25-15)27-19(2,3)26-17/h6-9,12,15-18,20-21H,5,10H2,1-4H3/t12-,15-,16+,17-,18-/m1/s1. The average Bonchev–Trinajstić information content (AvgIpc) is 3.07. The molecule has 2 fully saturated rings. The number of phenols is 1. The van der Waals surface area contributed by atoms with Gasteiger partial charge in [0.25, 0.3) is 0 Å². The van der Waals surface area contributed by atoms with Crippen molar-refractivity contribution >= 4 is 11.7 Å². The van der Waals surface area contributed by atoms with Crippen molar-refractivity contribution in [3.8, 4) is 5.75 Å². The SMILES string of the molecule is CCOC(=O)C[C@@H](Nc1ccccc1O)[C@H]1O[C@@H]2OC(C)(C)O[C@@H]2[C@H]1OC. The van der Waals surface area contributed by atoms with Crippen LogP contribution in [0.1, 0.15) is 27.2 Å². The van der Waals surface area contributed by atoms with Crippen LogP contribution in [0.15, 0.2) is 24.3 Å². The third kappa shape index (κ3) is 4.35. The van der Waals surface area contributed by atoms with Crippen LogP contribution in [0.4, 0.5) is 5.69 Å². The molecule has 0 bridgehead atoms. The first-order valence-electron chi connectivity index (χ1n) is 9.08. The number of hydrogen-bond acceptors (Lipinski definition) is 8. The van der Waals surface area contributed by atoms with Crippen LogP contribution in [-0.4, -0.2) is 61.2 Å². The molecule has 0 aliphatic carbocycles. The molecule has 3 rings (SSSR count). The van der Waals surface area contributed by atoms with Crippen LogP contribution in [0.2, 0.25) is 0 Å². The number of benzene rings is 1. The van der Waals surface area contributed by atoms with Gasteiger partial charge in [-0.15, -0.1) is 0 Å². The van der Waals surface area contributed by atoms with Crippen molar-refractivity contribution < 1.29 is 33.6 Å². The maximum Gasteiger partial charge on any atom is 0.307 e. The van der Waals surface area contributed by atoms with Crippen molar-refractivity contribution in [2.45, 2.75) is 63.6 Å². The van der Waals surface area contributed by atoms with Gasteiger partial charge in [0.2, 0.25) is 0 Å². The van der Waals surface area contributed by atoms with Crippen molar-refractivity contribution in [3.63, 3.8) is 0 Å². The van der Waals surface area contributed by atoms with E-state index in [1.165, 1.54) is 0 Å². The van der Waals surface area contributed by atoms with Crippen LogP contribution in [0.25, 0.3) is 0 Å². The second kappa shape index (κ2) is 8.02. The van der Waals surface area contributed by atoms with Crippen LogP contribution in [0.3, 0.4) is 0 Å². The highest BCUT2D eigenvalue weighted by Crippen LogP contribution is 2.40. The molecular formula is C19H27NO7. The Labute approximate surface area is 158 Å². The molecule has 1 aromatic carbocycles. The van der Waals surface area contributed by atoms with Gasteiger partial charge in [0.05, 0.1) is 24.8 Å². The van der Waals surface area contributed by atoms with Gasteiger partial charge in [-0.05, 0) is 32.9 Å². The highest BCUT2D eigenvalue weighted by atomic mass is 16.8. The molecule has 0 spiro atoms. The highest BCUT2D eigenvalue weighted by Gasteiger charge is 2.57. The van der Waals surface area contributed by atoms with Gasteiger partial charge in [-0.25, -0.2) is 0 Å². The maximum atomic E-state index is 12.1. The van der Waals surface area contributed by atoms with E-state index in [-0.39, 0.29) is 24.7 Å².